The van der Waals surface area contributed by atoms with E-state index in [0.29, 0.717) is 45.9 Å². The Bertz CT molecular complexity index is 1910. The summed E-state index contributed by atoms with van der Waals surface area (Å²) in [7, 11) is 4.67. The van der Waals surface area contributed by atoms with Crippen LogP contribution in [0.5, 0.6) is 28.7 Å². The van der Waals surface area contributed by atoms with E-state index in [9.17, 15) is 33.3 Å². The zero-order valence-electron chi connectivity index (χ0n) is 30.8. The normalized spacial score (nSPS) is 21.8. The highest BCUT2D eigenvalue weighted by atomic mass is 19.4. The first-order valence-electron chi connectivity index (χ1n) is 17.3. The quantitative estimate of drug-likeness (QED) is 0.141. The number of hydrogen-bond donors (Lipinski definition) is 4. The molecule has 2 aliphatic rings. The number of halogens is 3. The maximum absolute atomic E-state index is 12.7. The highest BCUT2D eigenvalue weighted by Crippen LogP contribution is 2.48. The average molecular weight is 755 g/mol. The second kappa shape index (κ2) is 16.5. The number of aromatic hydroxyl groups is 1. The maximum Gasteiger partial charge on any atom is 0.573 e. The largest absolute Gasteiger partial charge is 0.573 e. The van der Waals surface area contributed by atoms with Crippen LogP contribution in [0.2, 0.25) is 0 Å². The summed E-state index contributed by atoms with van der Waals surface area (Å²) in [4.78, 5) is 14.2. The number of ether oxygens (including phenoxy) is 5. The Morgan fingerprint density at radius 2 is 1.52 bits per heavy atom. The van der Waals surface area contributed by atoms with E-state index in [0.717, 1.165) is 11.1 Å². The summed E-state index contributed by atoms with van der Waals surface area (Å²) < 4.78 is 62.8. The van der Waals surface area contributed by atoms with Crippen molar-refractivity contribution >= 4 is 6.09 Å². The Morgan fingerprint density at radius 3 is 2.09 bits per heavy atom. The van der Waals surface area contributed by atoms with Crippen molar-refractivity contribution in [1.29, 1.82) is 0 Å². The van der Waals surface area contributed by atoms with Gasteiger partial charge in [0.15, 0.2) is 11.5 Å². The third kappa shape index (κ3) is 8.15. The molecule has 5 unspecified atom stereocenters. The van der Waals surface area contributed by atoms with Gasteiger partial charge >= 0.3 is 12.5 Å². The number of nitrogens with one attached hydrogen (secondary N) is 1. The monoisotopic (exact) mass is 754 g/mol. The van der Waals surface area contributed by atoms with Gasteiger partial charge in [0.25, 0.3) is 0 Å². The molecular weight excluding hydrogens is 709 g/mol. The molecule has 14 heteroatoms. The number of benzene rings is 4. The van der Waals surface area contributed by atoms with Crippen LogP contribution in [0, 0.1) is 0 Å². The molecule has 54 heavy (non-hydrogen) atoms. The van der Waals surface area contributed by atoms with Gasteiger partial charge in [-0.1, -0.05) is 43.3 Å². The van der Waals surface area contributed by atoms with E-state index in [1.54, 1.807) is 57.5 Å². The highest BCUT2D eigenvalue weighted by Gasteiger charge is 2.44. The number of alkyl halides is 3. The number of hydrogen-bond acceptors (Lipinski definition) is 10. The Kier molecular flexibility index (Phi) is 12.2. The van der Waals surface area contributed by atoms with Crippen molar-refractivity contribution in [2.24, 2.45) is 0 Å². The molecule has 11 nitrogen and oxygen atoms in total. The number of amides is 1. The standard InChI is InChI=1S/C21H25NO6.C19H20F3NO3/c1-5-28-21(24)22-12-16-15(10-11-17(26-3)20(16)27-4)19(23)18(22)13-6-8-14(25-2)9-7-13;1-3-16-15-10-13(26-19(20,21)22)8-9-14(15)17(25)18(2,23-16)11-4-6-12(24)7-5-11/h6-11,18-19,23H,5,12H2,1-4H3;4-10,16-17,23-25H,3H2,1-2H3. The van der Waals surface area contributed by atoms with Gasteiger partial charge in [0.05, 0.1) is 46.1 Å². The van der Waals surface area contributed by atoms with Crippen LogP contribution in [0.3, 0.4) is 0 Å². The number of carbonyl (C=O) groups excluding carboxylic acids is 1. The van der Waals surface area contributed by atoms with E-state index in [2.05, 4.69) is 10.1 Å². The van der Waals surface area contributed by atoms with Gasteiger partial charge in [-0.2, -0.15) is 0 Å². The van der Waals surface area contributed by atoms with E-state index >= 15 is 0 Å². The number of nitrogens with zero attached hydrogens (tertiary/aromatic N) is 1. The zero-order chi connectivity index (χ0) is 39.4. The van der Waals surface area contributed by atoms with Gasteiger partial charge in [-0.15, -0.1) is 13.2 Å². The topological polar surface area (TPSA) is 139 Å². The number of carbonyl (C=O) groups is 1. The first-order chi connectivity index (χ1) is 25.7. The molecule has 4 N–H and O–H groups in total. The van der Waals surface area contributed by atoms with E-state index in [1.807, 2.05) is 26.0 Å². The molecule has 2 aliphatic heterocycles. The molecule has 0 fully saturated rings. The lowest BCUT2D eigenvalue weighted by Crippen LogP contribution is -2.50. The van der Waals surface area contributed by atoms with Crippen molar-refractivity contribution in [2.45, 2.75) is 69.9 Å². The lowest BCUT2D eigenvalue weighted by atomic mass is 9.75. The predicted molar refractivity (Wildman–Crippen MR) is 193 cm³/mol. The van der Waals surface area contributed by atoms with Crippen molar-refractivity contribution in [3.05, 3.63) is 112 Å². The number of fused-ring (bicyclic) bond motifs is 2. The van der Waals surface area contributed by atoms with E-state index in [-0.39, 0.29) is 30.7 Å². The second-order valence-electron chi connectivity index (χ2n) is 13.0. The zero-order valence-corrected chi connectivity index (χ0v) is 30.8. The van der Waals surface area contributed by atoms with Gasteiger partial charge in [0.1, 0.15) is 29.5 Å². The third-order valence-corrected chi connectivity index (χ3v) is 9.78. The number of aliphatic hydroxyl groups is 2. The summed E-state index contributed by atoms with van der Waals surface area (Å²) in [6.45, 7) is 5.95. The lowest BCUT2D eigenvalue weighted by molar-refractivity contribution is -0.274. The molecule has 4 aromatic rings. The Hall–Kier alpha value is -5.18. The number of phenols is 1. The van der Waals surface area contributed by atoms with Gasteiger partial charge in [0.2, 0.25) is 0 Å². The molecule has 2 heterocycles. The van der Waals surface area contributed by atoms with Gasteiger partial charge in [-0.05, 0) is 90.6 Å². The Labute approximate surface area is 311 Å². The summed E-state index contributed by atoms with van der Waals surface area (Å²) in [6.07, 6.45) is -6.59. The van der Waals surface area contributed by atoms with Crippen LogP contribution in [0.4, 0.5) is 18.0 Å². The van der Waals surface area contributed by atoms with Crippen molar-refractivity contribution in [2.75, 3.05) is 27.9 Å². The molecule has 0 spiro atoms. The van der Waals surface area contributed by atoms with E-state index < -0.39 is 36.2 Å². The van der Waals surface area contributed by atoms with Crippen molar-refractivity contribution in [3.63, 3.8) is 0 Å². The van der Waals surface area contributed by atoms with Crippen LogP contribution in [0.1, 0.15) is 84.9 Å². The number of aliphatic hydroxyl groups excluding tert-OH is 2. The summed E-state index contributed by atoms with van der Waals surface area (Å²) >= 11 is 0. The maximum atomic E-state index is 12.7. The molecule has 4 aromatic carbocycles. The minimum atomic E-state index is -4.77. The van der Waals surface area contributed by atoms with Crippen LogP contribution in [-0.2, 0) is 16.8 Å². The fourth-order valence-corrected chi connectivity index (χ4v) is 7.10. The summed E-state index contributed by atoms with van der Waals surface area (Å²) in [5.41, 5.74) is 3.22. The average Bonchev–Trinajstić information content (AvgIpc) is 3.15. The molecule has 0 aliphatic carbocycles. The van der Waals surface area contributed by atoms with Crippen LogP contribution >= 0.6 is 0 Å². The van der Waals surface area contributed by atoms with Crippen LogP contribution in [0.25, 0.3) is 0 Å². The predicted octanol–water partition coefficient (Wildman–Crippen LogP) is 7.75. The van der Waals surface area contributed by atoms with Crippen LogP contribution in [0.15, 0.2) is 78.9 Å². The molecule has 1 amide bonds. The van der Waals surface area contributed by atoms with Gasteiger partial charge in [-0.25, -0.2) is 4.79 Å². The Morgan fingerprint density at radius 1 is 0.870 bits per heavy atom. The summed E-state index contributed by atoms with van der Waals surface area (Å²) in [6, 6.07) is 20.5. The van der Waals surface area contributed by atoms with Gasteiger partial charge in [-0.3, -0.25) is 10.2 Å². The second-order valence-corrected chi connectivity index (χ2v) is 13.0. The molecule has 0 saturated heterocycles. The molecule has 6 rings (SSSR count). The van der Waals surface area contributed by atoms with Crippen molar-refractivity contribution < 1.29 is 57.0 Å². The van der Waals surface area contributed by atoms with E-state index in [4.69, 9.17) is 18.9 Å². The van der Waals surface area contributed by atoms with Crippen molar-refractivity contribution in [1.82, 2.24) is 10.2 Å². The Balaban J connectivity index is 0.000000208. The highest BCUT2D eigenvalue weighted by molar-refractivity contribution is 5.70. The van der Waals surface area contributed by atoms with Crippen LogP contribution in [-0.4, -0.2) is 60.6 Å². The molecule has 0 aromatic heterocycles. The molecular formula is C40H45F3N2O9. The number of rotatable bonds is 8. The molecule has 0 radical (unpaired) electrons. The fraction of sp³-hybridized carbons (Fsp3) is 0.375. The summed E-state index contributed by atoms with van der Waals surface area (Å²) in [5.74, 6) is 1.55. The van der Waals surface area contributed by atoms with E-state index in [1.165, 1.54) is 42.3 Å². The summed E-state index contributed by atoms with van der Waals surface area (Å²) in [5, 5.41) is 35.0. The van der Waals surface area contributed by atoms with Gasteiger partial charge < -0.3 is 39.0 Å². The first-order valence-corrected chi connectivity index (χ1v) is 17.3. The number of methoxy groups -OCH3 is 3. The van der Waals surface area contributed by atoms with Crippen LogP contribution < -0.4 is 24.3 Å². The molecule has 290 valence electrons. The minimum absolute atomic E-state index is 0.115. The number of phenolic OH excluding ortho intramolecular Hbond substituents is 1. The SMILES string of the molecule is CCC1NC(C)(c2ccc(O)cc2)C(O)c2ccc(OC(F)(F)F)cc21.CCOC(=O)N1Cc2c(ccc(OC)c2OC)C(O)C1c1ccc(OC)cc1. The van der Waals surface area contributed by atoms with Gasteiger partial charge in [0, 0.05) is 11.6 Å². The molecule has 0 saturated carbocycles. The minimum Gasteiger partial charge on any atom is -0.508 e. The molecule has 0 bridgehead atoms. The first kappa shape index (κ1) is 40.0. The fourth-order valence-electron chi connectivity index (χ4n) is 7.10. The molecule has 5 atom stereocenters. The van der Waals surface area contributed by atoms with Crippen molar-refractivity contribution in [3.8, 4) is 28.7 Å². The smallest absolute Gasteiger partial charge is 0.508 e. The lowest BCUT2D eigenvalue weighted by Gasteiger charge is -2.45. The third-order valence-electron chi connectivity index (χ3n) is 9.78.